The summed E-state index contributed by atoms with van der Waals surface area (Å²) >= 11 is 12.3. The SMILES string of the molecule is Cc1onc(C(=O)Nc2nn(Cc3ccc(F)cc3Cl)cc2Cl)c1COc1cccc(F)c1. The fourth-order valence-corrected chi connectivity index (χ4v) is 3.43. The van der Waals surface area contributed by atoms with Crippen molar-refractivity contribution in [2.75, 3.05) is 5.32 Å². The molecule has 11 heteroatoms. The first kappa shape index (κ1) is 22.8. The van der Waals surface area contributed by atoms with Gasteiger partial charge in [-0.3, -0.25) is 9.48 Å². The summed E-state index contributed by atoms with van der Waals surface area (Å²) in [5.41, 5.74) is 1.00. The standard InChI is InChI=1S/C22H16Cl2F2N4O3/c1-12-17(11-32-16-4-2-3-14(25)7-16)20(29-33-12)22(31)27-21-19(24)10-30(28-21)9-13-5-6-15(26)8-18(13)23/h2-8,10H,9,11H2,1H3,(H,27,28,31). The molecule has 7 nitrogen and oxygen atoms in total. The van der Waals surface area contributed by atoms with Crippen LogP contribution in [-0.4, -0.2) is 20.8 Å². The Balaban J connectivity index is 1.47. The maximum absolute atomic E-state index is 13.4. The molecule has 1 amide bonds. The zero-order valence-electron chi connectivity index (χ0n) is 17.1. The number of aromatic nitrogens is 3. The molecule has 0 fully saturated rings. The number of hydrogen-bond acceptors (Lipinski definition) is 5. The van der Waals surface area contributed by atoms with E-state index in [1.54, 1.807) is 13.0 Å². The third-order valence-corrected chi connectivity index (χ3v) is 5.30. The zero-order chi connectivity index (χ0) is 23.5. The molecule has 0 aliphatic carbocycles. The van der Waals surface area contributed by atoms with Crippen LogP contribution in [0.25, 0.3) is 0 Å². The molecule has 0 spiro atoms. The van der Waals surface area contributed by atoms with Crippen LogP contribution in [0.15, 0.2) is 53.2 Å². The number of nitrogens with zero attached hydrogens (tertiary/aromatic N) is 3. The molecule has 4 rings (SSSR count). The van der Waals surface area contributed by atoms with Crippen molar-refractivity contribution in [2.45, 2.75) is 20.1 Å². The van der Waals surface area contributed by atoms with Crippen molar-refractivity contribution in [1.82, 2.24) is 14.9 Å². The summed E-state index contributed by atoms with van der Waals surface area (Å²) in [7, 11) is 0. The first-order valence-electron chi connectivity index (χ1n) is 9.62. The van der Waals surface area contributed by atoms with Crippen molar-refractivity contribution in [3.63, 3.8) is 0 Å². The Morgan fingerprint density at radius 1 is 1.15 bits per heavy atom. The van der Waals surface area contributed by atoms with Crippen molar-refractivity contribution in [3.8, 4) is 5.75 Å². The highest BCUT2D eigenvalue weighted by Crippen LogP contribution is 2.24. The topological polar surface area (TPSA) is 82.2 Å². The Labute approximate surface area is 196 Å². The van der Waals surface area contributed by atoms with Crippen molar-refractivity contribution < 1.29 is 22.8 Å². The van der Waals surface area contributed by atoms with Gasteiger partial charge in [0.05, 0.1) is 12.1 Å². The number of amides is 1. The summed E-state index contributed by atoms with van der Waals surface area (Å²) in [5.74, 6) is -0.744. The number of carbonyl (C=O) groups is 1. The molecular formula is C22H16Cl2F2N4O3. The van der Waals surface area contributed by atoms with Crippen molar-refractivity contribution in [1.29, 1.82) is 0 Å². The van der Waals surface area contributed by atoms with E-state index < -0.39 is 17.5 Å². The average molecular weight is 493 g/mol. The largest absolute Gasteiger partial charge is 0.489 e. The second-order valence-electron chi connectivity index (χ2n) is 7.03. The number of rotatable bonds is 7. The zero-order valence-corrected chi connectivity index (χ0v) is 18.6. The summed E-state index contributed by atoms with van der Waals surface area (Å²) in [5, 5.41) is 11.0. The Bertz CT molecular complexity index is 1320. The number of hydrogen-bond donors (Lipinski definition) is 1. The van der Waals surface area contributed by atoms with E-state index in [-0.39, 0.29) is 34.7 Å². The van der Waals surface area contributed by atoms with Gasteiger partial charge in [-0.1, -0.05) is 40.5 Å². The van der Waals surface area contributed by atoms with Crippen LogP contribution < -0.4 is 10.1 Å². The van der Waals surface area contributed by atoms with E-state index >= 15 is 0 Å². The molecule has 0 radical (unpaired) electrons. The molecule has 0 atom stereocenters. The molecule has 0 aliphatic rings. The monoisotopic (exact) mass is 492 g/mol. The van der Waals surface area contributed by atoms with E-state index in [9.17, 15) is 13.6 Å². The molecule has 0 saturated carbocycles. The van der Waals surface area contributed by atoms with Gasteiger partial charge < -0.3 is 14.6 Å². The molecule has 2 aromatic carbocycles. The van der Waals surface area contributed by atoms with E-state index in [1.807, 2.05) is 0 Å². The van der Waals surface area contributed by atoms with Gasteiger partial charge in [0.25, 0.3) is 5.91 Å². The van der Waals surface area contributed by atoms with Gasteiger partial charge in [-0.2, -0.15) is 5.10 Å². The third kappa shape index (κ3) is 5.32. The van der Waals surface area contributed by atoms with Crippen molar-refractivity contribution >= 4 is 34.9 Å². The van der Waals surface area contributed by atoms with Crippen LogP contribution in [0, 0.1) is 18.6 Å². The van der Waals surface area contributed by atoms with Gasteiger partial charge in [0.2, 0.25) is 0 Å². The van der Waals surface area contributed by atoms with Gasteiger partial charge in [0.15, 0.2) is 11.5 Å². The highest BCUT2D eigenvalue weighted by molar-refractivity contribution is 6.33. The van der Waals surface area contributed by atoms with Crippen LogP contribution in [0.4, 0.5) is 14.6 Å². The van der Waals surface area contributed by atoms with Crippen LogP contribution in [0.1, 0.15) is 27.4 Å². The maximum atomic E-state index is 13.4. The van der Waals surface area contributed by atoms with Gasteiger partial charge in [0.1, 0.15) is 34.8 Å². The molecule has 0 bridgehead atoms. The molecule has 0 unspecified atom stereocenters. The summed E-state index contributed by atoms with van der Waals surface area (Å²) in [6.07, 6.45) is 1.50. The number of aryl methyl sites for hydroxylation is 1. The van der Waals surface area contributed by atoms with E-state index in [0.29, 0.717) is 22.6 Å². The van der Waals surface area contributed by atoms with Crippen LogP contribution in [-0.2, 0) is 13.2 Å². The minimum Gasteiger partial charge on any atom is -0.489 e. The Morgan fingerprint density at radius 3 is 2.70 bits per heavy atom. The first-order chi connectivity index (χ1) is 15.8. The number of nitrogens with one attached hydrogen (secondary N) is 1. The highest BCUT2D eigenvalue weighted by Gasteiger charge is 2.22. The molecule has 33 heavy (non-hydrogen) atoms. The minimum atomic E-state index is -0.614. The molecule has 2 aromatic heterocycles. The lowest BCUT2D eigenvalue weighted by Gasteiger charge is -2.07. The number of benzene rings is 2. The molecule has 2 heterocycles. The molecule has 0 aliphatic heterocycles. The van der Waals surface area contributed by atoms with Crippen LogP contribution >= 0.6 is 23.2 Å². The molecule has 0 saturated heterocycles. The summed E-state index contributed by atoms with van der Waals surface area (Å²) in [4.78, 5) is 12.8. The van der Waals surface area contributed by atoms with E-state index in [1.165, 1.54) is 47.3 Å². The molecule has 1 N–H and O–H groups in total. The van der Waals surface area contributed by atoms with Gasteiger partial charge in [-0.25, -0.2) is 8.78 Å². The predicted molar refractivity (Wildman–Crippen MR) is 118 cm³/mol. The molecule has 170 valence electrons. The first-order valence-corrected chi connectivity index (χ1v) is 10.4. The lowest BCUT2D eigenvalue weighted by Crippen LogP contribution is -2.16. The van der Waals surface area contributed by atoms with Crippen molar-refractivity contribution in [2.24, 2.45) is 0 Å². The lowest BCUT2D eigenvalue weighted by atomic mass is 10.2. The minimum absolute atomic E-state index is 0.0175. The number of anilines is 1. The van der Waals surface area contributed by atoms with Crippen LogP contribution in [0.2, 0.25) is 10.0 Å². The smallest absolute Gasteiger partial charge is 0.279 e. The quantitative estimate of drug-likeness (QED) is 0.360. The van der Waals surface area contributed by atoms with Crippen LogP contribution in [0.5, 0.6) is 5.75 Å². The van der Waals surface area contributed by atoms with Gasteiger partial charge >= 0.3 is 0 Å². The normalized spacial score (nSPS) is 10.9. The second kappa shape index (κ2) is 9.60. The van der Waals surface area contributed by atoms with Gasteiger partial charge in [0, 0.05) is 17.3 Å². The van der Waals surface area contributed by atoms with Crippen molar-refractivity contribution in [3.05, 3.63) is 92.9 Å². The van der Waals surface area contributed by atoms with E-state index in [4.69, 9.17) is 32.5 Å². The van der Waals surface area contributed by atoms with Crippen LogP contribution in [0.3, 0.4) is 0 Å². The Hall–Kier alpha value is -3.43. The fraction of sp³-hybridized carbons (Fsp3) is 0.136. The number of carbonyl (C=O) groups excluding carboxylic acids is 1. The fourth-order valence-electron chi connectivity index (χ4n) is 3.01. The second-order valence-corrected chi connectivity index (χ2v) is 7.84. The Kier molecular flexibility index (Phi) is 6.62. The third-order valence-electron chi connectivity index (χ3n) is 4.68. The Morgan fingerprint density at radius 2 is 1.94 bits per heavy atom. The number of ether oxygens (including phenoxy) is 1. The summed E-state index contributed by atoms with van der Waals surface area (Å²) in [6.45, 7) is 1.78. The maximum Gasteiger partial charge on any atom is 0.279 e. The summed E-state index contributed by atoms with van der Waals surface area (Å²) < 4.78 is 38.8. The molecule has 4 aromatic rings. The number of halogens is 4. The average Bonchev–Trinajstić information content (AvgIpc) is 3.30. The van der Waals surface area contributed by atoms with Gasteiger partial charge in [-0.15, -0.1) is 0 Å². The summed E-state index contributed by atoms with van der Waals surface area (Å²) in [6, 6.07) is 9.64. The highest BCUT2D eigenvalue weighted by atomic mass is 35.5. The predicted octanol–water partition coefficient (Wildman–Crippen LogP) is 5.64. The van der Waals surface area contributed by atoms with E-state index in [0.717, 1.165) is 0 Å². The van der Waals surface area contributed by atoms with Gasteiger partial charge in [-0.05, 0) is 36.8 Å². The lowest BCUT2D eigenvalue weighted by molar-refractivity contribution is 0.101. The van der Waals surface area contributed by atoms with E-state index in [2.05, 4.69) is 15.6 Å². The molecular weight excluding hydrogens is 477 g/mol.